The van der Waals surface area contributed by atoms with Crippen molar-refractivity contribution in [3.05, 3.63) is 79.5 Å². The van der Waals surface area contributed by atoms with E-state index in [0.717, 1.165) is 48.9 Å². The van der Waals surface area contributed by atoms with E-state index >= 15 is 0 Å². The van der Waals surface area contributed by atoms with Crippen LogP contribution in [0, 0.1) is 0 Å². The maximum atomic E-state index is 11.2. The molecule has 7 heteroatoms. The van der Waals surface area contributed by atoms with Crippen LogP contribution in [0.25, 0.3) is 0 Å². The number of nitrogens with one attached hydrogen (secondary N) is 1. The molecule has 1 heterocycles. The summed E-state index contributed by atoms with van der Waals surface area (Å²) in [5, 5.41) is 8.75. The number of nitrogens with zero attached hydrogens (tertiary/aromatic N) is 2. The topological polar surface area (TPSA) is 106 Å². The van der Waals surface area contributed by atoms with Gasteiger partial charge in [-0.05, 0) is 29.5 Å². The van der Waals surface area contributed by atoms with Gasteiger partial charge in [0.1, 0.15) is 6.26 Å². The number of hydrogen-bond donors (Lipinski definition) is 1. The quantitative estimate of drug-likeness (QED) is 0.676. The summed E-state index contributed by atoms with van der Waals surface area (Å²) >= 11 is 0. The molecule has 0 aromatic carbocycles. The maximum absolute atomic E-state index is 11.2. The predicted octanol–water partition coefficient (Wildman–Crippen LogP) is -0.273. The first kappa shape index (κ1) is 13.2. The second kappa shape index (κ2) is 7.44. The van der Waals surface area contributed by atoms with Crippen molar-refractivity contribution in [3.8, 4) is 0 Å². The fourth-order valence-electron chi connectivity index (χ4n) is 0.814. The molecule has 0 atom stereocenters. The Kier molecular flexibility index (Phi) is 5.47. The molecule has 92 valence electrons. The summed E-state index contributed by atoms with van der Waals surface area (Å²) in [4.78, 5) is 33.5. The highest BCUT2D eigenvalue weighted by Gasteiger charge is 1.76. The van der Waals surface area contributed by atoms with Crippen LogP contribution in [0.1, 0.15) is 0 Å². The van der Waals surface area contributed by atoms with Gasteiger partial charge in [0.25, 0.3) is 0 Å². The molecule has 0 aliphatic carbocycles. The molecular weight excluding hydrogens is 238 g/mol. The molecule has 0 unspecified atom stereocenters. The lowest BCUT2D eigenvalue weighted by Crippen LogP contribution is -1.98. The van der Waals surface area contributed by atoms with Gasteiger partial charge in [0.05, 0.1) is 6.20 Å². The monoisotopic (exact) mass is 247 g/mol. The van der Waals surface area contributed by atoms with Crippen LogP contribution in [0.4, 0.5) is 0 Å². The average Bonchev–Trinajstić information content (AvgIpc) is 2.36. The Morgan fingerprint density at radius 1 is 0.833 bits per heavy atom. The van der Waals surface area contributed by atoms with Gasteiger partial charge in [0.2, 0.25) is 0 Å². The Bertz CT molecular complexity index is 622. The summed E-state index contributed by atoms with van der Waals surface area (Å²) in [7, 11) is 0. The van der Waals surface area contributed by atoms with E-state index in [1.165, 1.54) is 0 Å². The Labute approximate surface area is 100 Å². The van der Waals surface area contributed by atoms with Crippen molar-refractivity contribution < 1.29 is 4.52 Å². The first-order chi connectivity index (χ1) is 8.68. The van der Waals surface area contributed by atoms with Crippen LogP contribution in [0.3, 0.4) is 0 Å². The highest BCUT2D eigenvalue weighted by Crippen LogP contribution is 1.63. The van der Waals surface area contributed by atoms with Crippen LogP contribution in [0.15, 0.2) is 67.8 Å². The van der Waals surface area contributed by atoms with Gasteiger partial charge in [0.15, 0.2) is 16.3 Å². The fourth-order valence-corrected chi connectivity index (χ4v) is 0.814. The molecule has 0 radical (unpaired) electrons. The van der Waals surface area contributed by atoms with E-state index in [0.29, 0.717) is 0 Å². The lowest BCUT2D eigenvalue weighted by atomic mass is 10.4. The van der Waals surface area contributed by atoms with Crippen LogP contribution >= 0.6 is 0 Å². The third kappa shape index (κ3) is 5.91. The molecule has 0 saturated heterocycles. The van der Waals surface area contributed by atoms with Crippen molar-refractivity contribution in [2.75, 3.05) is 0 Å². The van der Waals surface area contributed by atoms with Crippen molar-refractivity contribution in [1.82, 2.24) is 15.6 Å². The van der Waals surface area contributed by atoms with E-state index in [9.17, 15) is 14.4 Å². The molecular formula is C11H9N3O4. The van der Waals surface area contributed by atoms with E-state index in [1.54, 1.807) is 0 Å². The van der Waals surface area contributed by atoms with Gasteiger partial charge >= 0.3 is 0 Å². The van der Waals surface area contributed by atoms with Crippen LogP contribution in [0.2, 0.25) is 0 Å². The Morgan fingerprint density at radius 2 is 1.39 bits per heavy atom. The minimum Gasteiger partial charge on any atom is -0.371 e. The van der Waals surface area contributed by atoms with Gasteiger partial charge in [0, 0.05) is 12.1 Å². The van der Waals surface area contributed by atoms with Gasteiger partial charge < -0.3 is 4.52 Å². The first-order valence-electron chi connectivity index (χ1n) is 4.80. The predicted molar refractivity (Wildman–Crippen MR) is 62.7 cm³/mol. The number of aromatic amines is 1. The molecule has 1 N–H and O–H groups in total. The van der Waals surface area contributed by atoms with Gasteiger partial charge in [-0.3, -0.25) is 14.4 Å². The number of rotatable bonds is 0. The third-order valence-corrected chi connectivity index (χ3v) is 1.58. The fraction of sp³-hybridized carbons (Fsp3) is 0. The molecule has 18 heavy (non-hydrogen) atoms. The zero-order chi connectivity index (χ0) is 13.2. The molecule has 0 aliphatic rings. The Morgan fingerprint density at radius 3 is 2.06 bits per heavy atom. The third-order valence-electron chi connectivity index (χ3n) is 1.58. The lowest BCUT2D eigenvalue weighted by molar-refractivity contribution is 0.355. The molecule has 0 fully saturated rings. The van der Waals surface area contributed by atoms with E-state index in [2.05, 4.69) is 14.8 Å². The van der Waals surface area contributed by atoms with Crippen LogP contribution in [0.5, 0.6) is 0 Å². The van der Waals surface area contributed by atoms with E-state index in [1.807, 2.05) is 5.27 Å². The maximum Gasteiger partial charge on any atom is 0.181 e. The summed E-state index contributed by atoms with van der Waals surface area (Å²) in [6.07, 6.45) is 2.17. The zero-order valence-corrected chi connectivity index (χ0v) is 9.15. The largest absolute Gasteiger partial charge is 0.371 e. The van der Waals surface area contributed by atoms with Crippen LogP contribution < -0.4 is 16.3 Å². The molecule has 0 spiro atoms. The van der Waals surface area contributed by atoms with Gasteiger partial charge in [-0.15, -0.1) is 10.4 Å². The zero-order valence-electron chi connectivity index (χ0n) is 9.15. The minimum absolute atomic E-state index is 0.434. The van der Waals surface area contributed by atoms with Crippen molar-refractivity contribution in [1.29, 1.82) is 0 Å². The highest BCUT2D eigenvalue weighted by molar-refractivity contribution is 4.96. The highest BCUT2D eigenvalue weighted by atomic mass is 16.5. The van der Waals surface area contributed by atoms with Gasteiger partial charge in [-0.25, -0.2) is 0 Å². The molecule has 0 amide bonds. The average molecular weight is 247 g/mol. The summed E-state index contributed by atoms with van der Waals surface area (Å²) in [5.74, 6) is 0. The summed E-state index contributed by atoms with van der Waals surface area (Å²) in [6, 6.07) is 6.39. The van der Waals surface area contributed by atoms with Crippen LogP contribution in [-0.2, 0) is 0 Å². The van der Waals surface area contributed by atoms with Crippen LogP contribution in [-0.4, -0.2) is 15.6 Å². The second-order valence-electron chi connectivity index (χ2n) is 2.92. The van der Waals surface area contributed by atoms with Gasteiger partial charge in [-0.1, -0.05) is 0 Å². The Hall–Kier alpha value is -2.83. The van der Waals surface area contributed by atoms with Crippen molar-refractivity contribution >= 4 is 0 Å². The summed E-state index contributed by atoms with van der Waals surface area (Å²) in [5.41, 5.74) is -1.36. The normalized spacial score (nSPS) is 8.67. The van der Waals surface area contributed by atoms with E-state index in [-0.39, 0.29) is 0 Å². The van der Waals surface area contributed by atoms with Crippen molar-refractivity contribution in [3.63, 3.8) is 0 Å². The molecule has 1 aromatic rings. The molecule has 0 bridgehead atoms. The van der Waals surface area contributed by atoms with Crippen molar-refractivity contribution in [2.24, 2.45) is 0 Å². The molecule has 0 saturated carbocycles. The Balaban J connectivity index is 3.49. The number of H-pyrrole nitrogens is 1. The SMILES string of the molecule is O=c1ccnn[nH]occc(=O)ccc(=O)cc1. The first-order valence-corrected chi connectivity index (χ1v) is 4.80. The molecule has 1 aromatic heterocycles. The lowest BCUT2D eigenvalue weighted by Gasteiger charge is -1.69. The standard InChI is InChI=1S/C11H9N3O4/c15-9-1-3-10(16)5-7-12-13-14-18-8-6-11(17)4-2-9/h1-8H,(H,12,14). The molecule has 0 aliphatic heterocycles. The summed E-state index contributed by atoms with van der Waals surface area (Å²) < 4.78 is 4.57. The molecule has 1 rings (SSSR count). The van der Waals surface area contributed by atoms with Gasteiger partial charge in [-0.2, -0.15) is 0 Å². The summed E-state index contributed by atoms with van der Waals surface area (Å²) in [6.45, 7) is 0. The van der Waals surface area contributed by atoms with E-state index < -0.39 is 16.3 Å². The molecule has 7 nitrogen and oxygen atoms in total. The smallest absolute Gasteiger partial charge is 0.181 e. The number of aromatic nitrogens is 3. The minimum atomic E-state index is -0.478. The number of hydrogen-bond acceptors (Lipinski definition) is 6. The van der Waals surface area contributed by atoms with E-state index in [4.69, 9.17) is 0 Å². The second-order valence-corrected chi connectivity index (χ2v) is 2.92. The van der Waals surface area contributed by atoms with Crippen molar-refractivity contribution in [2.45, 2.75) is 0 Å².